The van der Waals surface area contributed by atoms with Gasteiger partial charge >= 0.3 is 0 Å². The van der Waals surface area contributed by atoms with Crippen molar-refractivity contribution in [2.45, 2.75) is 6.92 Å². The van der Waals surface area contributed by atoms with Crippen molar-refractivity contribution in [1.29, 1.82) is 0 Å². The Morgan fingerprint density at radius 2 is 0.868 bits per heavy atom. The summed E-state index contributed by atoms with van der Waals surface area (Å²) in [5.74, 6) is 0.814. The molecule has 0 unspecified atom stereocenters. The van der Waals surface area contributed by atoms with E-state index < -0.39 is 0 Å². The Bertz CT molecular complexity index is 1330. The molecule has 0 aliphatic carbocycles. The van der Waals surface area contributed by atoms with Crippen LogP contribution in [0.15, 0.2) is 122 Å². The van der Waals surface area contributed by atoms with Gasteiger partial charge in [-0.05, 0) is 67.1 Å². The van der Waals surface area contributed by atoms with Gasteiger partial charge in [-0.2, -0.15) is 0 Å². The fourth-order valence-electron chi connectivity index (χ4n) is 3.08. The van der Waals surface area contributed by atoms with Crippen LogP contribution >= 0.6 is 0 Å². The van der Waals surface area contributed by atoms with Gasteiger partial charge in [0.25, 0.3) is 0 Å². The largest absolute Gasteiger partial charge is 0.255 e. The lowest BCUT2D eigenvalue weighted by molar-refractivity contribution is 0.626. The minimum Gasteiger partial charge on any atom is -0.255 e. The molecule has 6 heterocycles. The van der Waals surface area contributed by atoms with Crippen LogP contribution in [0.5, 0.6) is 0 Å². The maximum atomic E-state index is 12.9. The summed E-state index contributed by atoms with van der Waals surface area (Å²) in [6.45, 7) is 1.96. The quantitative estimate of drug-likeness (QED) is 0.305. The molecule has 0 N–H and O–H groups in total. The second-order valence-electron chi connectivity index (χ2n) is 7.65. The van der Waals surface area contributed by atoms with Crippen LogP contribution in [-0.4, -0.2) is 39.9 Å². The highest BCUT2D eigenvalue weighted by atomic mass is 19.1. The fraction of sp³-hybridized carbons (Fsp3) is 0.0345. The molecule has 0 spiro atoms. The Morgan fingerprint density at radius 3 is 1.32 bits per heavy atom. The van der Waals surface area contributed by atoms with E-state index in [1.54, 1.807) is 55.5 Å². The van der Waals surface area contributed by atoms with Crippen LogP contribution < -0.4 is 0 Å². The lowest BCUT2D eigenvalue weighted by atomic mass is 10.2. The molecule has 8 nitrogen and oxygen atoms in total. The number of nitrogens with zero attached hydrogens (tertiary/aromatic N) is 8. The molecule has 0 fully saturated rings. The average Bonchev–Trinajstić information content (AvgIpc) is 3.00. The first-order chi connectivity index (χ1) is 18.7. The Kier molecular flexibility index (Phi) is 9.29. The minimum atomic E-state index is -0.293. The molecule has 38 heavy (non-hydrogen) atoms. The van der Waals surface area contributed by atoms with E-state index in [-0.39, 0.29) is 5.82 Å². The van der Waals surface area contributed by atoms with E-state index in [0.29, 0.717) is 23.0 Å². The number of pyridine rings is 4. The third kappa shape index (κ3) is 7.85. The highest BCUT2D eigenvalue weighted by Crippen LogP contribution is 2.15. The minimum absolute atomic E-state index is 0.293. The highest BCUT2D eigenvalue weighted by Gasteiger charge is 2.02. The van der Waals surface area contributed by atoms with Crippen LogP contribution in [0.3, 0.4) is 0 Å². The van der Waals surface area contributed by atoms with Crippen molar-refractivity contribution in [2.24, 2.45) is 0 Å². The zero-order valence-electron chi connectivity index (χ0n) is 20.5. The van der Waals surface area contributed by atoms with E-state index in [2.05, 4.69) is 39.9 Å². The van der Waals surface area contributed by atoms with Gasteiger partial charge in [-0.3, -0.25) is 19.9 Å². The molecule has 0 radical (unpaired) electrons. The van der Waals surface area contributed by atoms with E-state index >= 15 is 0 Å². The number of hydrogen-bond acceptors (Lipinski definition) is 8. The molecular formula is C29H23FN8. The summed E-state index contributed by atoms with van der Waals surface area (Å²) < 4.78 is 12.9. The van der Waals surface area contributed by atoms with Gasteiger partial charge in [-0.15, -0.1) is 0 Å². The van der Waals surface area contributed by atoms with E-state index in [4.69, 9.17) is 0 Å². The van der Waals surface area contributed by atoms with Gasteiger partial charge in [-0.25, -0.2) is 24.3 Å². The fourth-order valence-corrected chi connectivity index (χ4v) is 3.08. The summed E-state index contributed by atoms with van der Waals surface area (Å²) in [5.41, 5.74) is 4.18. The predicted octanol–water partition coefficient (Wildman–Crippen LogP) is 5.67. The molecule has 0 saturated carbocycles. The van der Waals surface area contributed by atoms with Gasteiger partial charge < -0.3 is 0 Å². The SMILES string of the molecule is Cc1ccnc(-c2cc(F)ccn2)c1.c1ccc(-c2ccccn2)nc1.c1cnc(-c2ncccn2)nc1. The Balaban J connectivity index is 0.000000133. The third-order valence-electron chi connectivity index (χ3n) is 4.82. The molecule has 0 amide bonds. The molecule has 0 bridgehead atoms. The molecule has 0 aliphatic rings. The zero-order valence-corrected chi connectivity index (χ0v) is 20.5. The molecule has 0 saturated heterocycles. The van der Waals surface area contributed by atoms with Crippen LogP contribution in [0.1, 0.15) is 5.56 Å². The number of aromatic nitrogens is 8. The molecule has 0 aliphatic heterocycles. The number of hydrogen-bond donors (Lipinski definition) is 0. The smallest absolute Gasteiger partial charge is 0.197 e. The van der Waals surface area contributed by atoms with Crippen LogP contribution in [0.2, 0.25) is 0 Å². The van der Waals surface area contributed by atoms with Crippen molar-refractivity contribution < 1.29 is 4.39 Å². The lowest BCUT2D eigenvalue weighted by Gasteiger charge is -2.00. The van der Waals surface area contributed by atoms with Crippen molar-refractivity contribution in [1.82, 2.24) is 39.9 Å². The van der Waals surface area contributed by atoms with Crippen LogP contribution in [-0.2, 0) is 0 Å². The third-order valence-corrected chi connectivity index (χ3v) is 4.82. The average molecular weight is 503 g/mol. The number of halogens is 1. The molecule has 9 heteroatoms. The summed E-state index contributed by atoms with van der Waals surface area (Å²) in [6.07, 6.45) is 13.3. The molecule has 6 rings (SSSR count). The molecule has 6 aromatic rings. The Labute approximate surface area is 219 Å². The van der Waals surface area contributed by atoms with Crippen molar-refractivity contribution in [3.8, 4) is 34.4 Å². The standard InChI is InChI=1S/C11H9FN2.C10H8N2.C8H6N4/c1-8-2-4-13-10(6-8)11-7-9(12)3-5-14-11;1-3-7-11-9(5-1)10-6-2-4-8-12-10;1-3-9-7(10-4-1)8-11-5-2-6-12-8/h2-7H,1H3;1-8H;1-6H. The van der Waals surface area contributed by atoms with Gasteiger partial charge in [0.15, 0.2) is 11.6 Å². The summed E-state index contributed by atoms with van der Waals surface area (Å²) in [6, 6.07) is 21.6. The van der Waals surface area contributed by atoms with E-state index in [1.165, 1.54) is 18.3 Å². The van der Waals surface area contributed by atoms with E-state index in [0.717, 1.165) is 17.0 Å². The van der Waals surface area contributed by atoms with Crippen LogP contribution in [0, 0.1) is 12.7 Å². The maximum absolute atomic E-state index is 12.9. The van der Waals surface area contributed by atoms with Gasteiger partial charge in [0.05, 0.1) is 22.8 Å². The first kappa shape index (κ1) is 25.8. The van der Waals surface area contributed by atoms with Gasteiger partial charge in [-0.1, -0.05) is 12.1 Å². The van der Waals surface area contributed by atoms with E-state index in [9.17, 15) is 4.39 Å². The Morgan fingerprint density at radius 1 is 0.421 bits per heavy atom. The number of aryl methyl sites for hydroxylation is 1. The molecule has 6 aromatic heterocycles. The van der Waals surface area contributed by atoms with Crippen LogP contribution in [0.4, 0.5) is 4.39 Å². The van der Waals surface area contributed by atoms with E-state index in [1.807, 2.05) is 55.5 Å². The van der Waals surface area contributed by atoms with Crippen molar-refractivity contribution >= 4 is 0 Å². The van der Waals surface area contributed by atoms with Gasteiger partial charge in [0.2, 0.25) is 0 Å². The number of rotatable bonds is 3. The Hall–Kier alpha value is -5.31. The first-order valence-corrected chi connectivity index (χ1v) is 11.6. The second-order valence-corrected chi connectivity index (χ2v) is 7.65. The predicted molar refractivity (Wildman–Crippen MR) is 143 cm³/mol. The lowest BCUT2D eigenvalue weighted by Crippen LogP contribution is -1.91. The summed E-state index contributed by atoms with van der Waals surface area (Å²) in [5, 5.41) is 0. The summed E-state index contributed by atoms with van der Waals surface area (Å²) >= 11 is 0. The van der Waals surface area contributed by atoms with Crippen molar-refractivity contribution in [3.05, 3.63) is 134 Å². The normalized spacial score (nSPS) is 9.84. The molecule has 0 atom stereocenters. The monoisotopic (exact) mass is 502 g/mol. The van der Waals surface area contributed by atoms with Crippen molar-refractivity contribution in [3.63, 3.8) is 0 Å². The highest BCUT2D eigenvalue weighted by molar-refractivity contribution is 5.54. The molecular weight excluding hydrogens is 479 g/mol. The molecule has 186 valence electrons. The second kappa shape index (κ2) is 13.7. The first-order valence-electron chi connectivity index (χ1n) is 11.6. The summed E-state index contributed by atoms with van der Waals surface area (Å²) in [4.78, 5) is 32.6. The van der Waals surface area contributed by atoms with Gasteiger partial charge in [0, 0.05) is 55.6 Å². The van der Waals surface area contributed by atoms with Crippen LogP contribution in [0.25, 0.3) is 34.4 Å². The maximum Gasteiger partial charge on any atom is 0.197 e. The molecule has 0 aromatic carbocycles. The topological polar surface area (TPSA) is 103 Å². The zero-order chi connectivity index (χ0) is 26.4. The van der Waals surface area contributed by atoms with Gasteiger partial charge in [0.1, 0.15) is 5.82 Å². The summed E-state index contributed by atoms with van der Waals surface area (Å²) in [7, 11) is 0. The van der Waals surface area contributed by atoms with Crippen molar-refractivity contribution in [2.75, 3.05) is 0 Å².